The van der Waals surface area contributed by atoms with Gasteiger partial charge in [-0.1, -0.05) is 0 Å². The molecule has 0 saturated carbocycles. The van der Waals surface area contributed by atoms with Crippen LogP contribution in [-0.4, -0.2) is 0 Å². The van der Waals surface area contributed by atoms with Gasteiger partial charge in [-0.25, -0.2) is 0 Å². The van der Waals surface area contributed by atoms with E-state index in [2.05, 4.69) is 0 Å². The standard InChI is InChI=1S/4H3N.2Na.2H/h4*1H3;;;;/q;;;;2*+1;2*-1. The predicted octanol–water partition coefficient (Wildman–Crippen LogP) is -5.12. The van der Waals surface area contributed by atoms with Crippen LogP contribution in [-0.2, 0) is 0 Å². The minimum Gasteiger partial charge on any atom is -1.00 e. The molecule has 0 aliphatic carbocycles. The molecule has 0 atom stereocenters. The molecule has 0 aromatic rings. The summed E-state index contributed by atoms with van der Waals surface area (Å²) in [7, 11) is 0. The van der Waals surface area contributed by atoms with Crippen molar-refractivity contribution < 1.29 is 62.0 Å². The molecule has 0 fully saturated rings. The van der Waals surface area contributed by atoms with Gasteiger partial charge in [0.25, 0.3) is 0 Å². The van der Waals surface area contributed by atoms with Gasteiger partial charge in [0.2, 0.25) is 0 Å². The first kappa shape index (κ1) is 108. The molecule has 0 aliphatic rings. The minimum atomic E-state index is 0. The average molecular weight is 116 g/mol. The van der Waals surface area contributed by atoms with Crippen LogP contribution in [0.15, 0.2) is 0 Å². The van der Waals surface area contributed by atoms with Gasteiger partial charge < -0.3 is 27.5 Å². The molecule has 0 radical (unpaired) electrons. The first-order valence-electron chi connectivity index (χ1n) is 0. The fraction of sp³-hybridized carbons (Fsp3) is 0. The van der Waals surface area contributed by atoms with E-state index in [1.807, 2.05) is 0 Å². The Morgan fingerprint density at radius 2 is 0.500 bits per heavy atom. The molecular formula is H14N4Na2. The van der Waals surface area contributed by atoms with Gasteiger partial charge in [0.15, 0.2) is 0 Å². The van der Waals surface area contributed by atoms with Crippen molar-refractivity contribution in [2.24, 2.45) is 0 Å². The molecule has 36 valence electrons. The van der Waals surface area contributed by atoms with E-state index in [-0.39, 0.29) is 86.6 Å². The van der Waals surface area contributed by atoms with Crippen LogP contribution in [0.1, 0.15) is 2.85 Å². The van der Waals surface area contributed by atoms with Crippen molar-refractivity contribution in [3.8, 4) is 0 Å². The minimum absolute atomic E-state index is 0. The summed E-state index contributed by atoms with van der Waals surface area (Å²) in [5, 5.41) is 0. The summed E-state index contributed by atoms with van der Waals surface area (Å²) in [5.41, 5.74) is 0. The summed E-state index contributed by atoms with van der Waals surface area (Å²) >= 11 is 0. The van der Waals surface area contributed by atoms with Crippen molar-refractivity contribution in [2.75, 3.05) is 0 Å². The van der Waals surface area contributed by atoms with E-state index in [4.69, 9.17) is 0 Å². The third-order valence-corrected chi connectivity index (χ3v) is 0. The molecule has 12 N–H and O–H groups in total. The molecule has 0 aromatic heterocycles. The van der Waals surface area contributed by atoms with E-state index >= 15 is 0 Å². The molecule has 0 amide bonds. The fourth-order valence-corrected chi connectivity index (χ4v) is 0. The van der Waals surface area contributed by atoms with Crippen molar-refractivity contribution in [1.82, 2.24) is 24.6 Å². The van der Waals surface area contributed by atoms with Gasteiger partial charge >= 0.3 is 59.1 Å². The van der Waals surface area contributed by atoms with Crippen LogP contribution in [0.3, 0.4) is 0 Å². The van der Waals surface area contributed by atoms with Crippen LogP contribution in [0.4, 0.5) is 0 Å². The number of hydrogen-bond acceptors (Lipinski definition) is 4. The summed E-state index contributed by atoms with van der Waals surface area (Å²) in [6.45, 7) is 0. The van der Waals surface area contributed by atoms with Crippen molar-refractivity contribution >= 4 is 0 Å². The molecule has 0 bridgehead atoms. The normalized spacial score (nSPS) is 0. The van der Waals surface area contributed by atoms with E-state index in [0.29, 0.717) is 0 Å². The van der Waals surface area contributed by atoms with Crippen LogP contribution in [0, 0.1) is 0 Å². The third kappa shape index (κ3) is 40.4. The number of hydrogen-bond donors (Lipinski definition) is 4. The zero-order valence-corrected chi connectivity index (χ0v) is 8.83. The molecule has 0 aromatic carbocycles. The Bertz CT molecular complexity index is 12.0. The van der Waals surface area contributed by atoms with Crippen molar-refractivity contribution in [2.45, 2.75) is 0 Å². The maximum absolute atomic E-state index is 0. The molecule has 0 saturated heterocycles. The third-order valence-electron chi connectivity index (χ3n) is 0. The molecule has 0 spiro atoms. The first-order chi connectivity index (χ1) is 0. The SMILES string of the molecule is N.N.N.N.[H-].[H-].[Na+].[Na+]. The van der Waals surface area contributed by atoms with Crippen molar-refractivity contribution in [3.05, 3.63) is 0 Å². The second-order valence-corrected chi connectivity index (χ2v) is 0. The van der Waals surface area contributed by atoms with Gasteiger partial charge in [-0.15, -0.1) is 0 Å². The molecule has 0 heterocycles. The average Bonchev–Trinajstić information content (AvgIpc) is 0. The Labute approximate surface area is 85.7 Å². The van der Waals surface area contributed by atoms with Gasteiger partial charge in [0.1, 0.15) is 0 Å². The summed E-state index contributed by atoms with van der Waals surface area (Å²) in [4.78, 5) is 0. The Balaban J connectivity index is 0. The van der Waals surface area contributed by atoms with Gasteiger partial charge in [-0.05, 0) is 0 Å². The van der Waals surface area contributed by atoms with E-state index in [0.717, 1.165) is 0 Å². The van der Waals surface area contributed by atoms with Crippen LogP contribution in [0.5, 0.6) is 0 Å². The second kappa shape index (κ2) is 68.9. The summed E-state index contributed by atoms with van der Waals surface area (Å²) in [6.07, 6.45) is 0. The molecule has 6 heteroatoms. The van der Waals surface area contributed by atoms with E-state index in [1.165, 1.54) is 0 Å². The number of rotatable bonds is 0. The van der Waals surface area contributed by atoms with Gasteiger partial charge in [0.05, 0.1) is 0 Å². The Kier molecular flexibility index (Phi) is 1240. The Morgan fingerprint density at radius 3 is 0.500 bits per heavy atom. The zero-order chi connectivity index (χ0) is 0. The summed E-state index contributed by atoms with van der Waals surface area (Å²) in [6, 6.07) is 0. The van der Waals surface area contributed by atoms with Gasteiger partial charge in [0, 0.05) is 0 Å². The quantitative estimate of drug-likeness (QED) is 0.235. The maximum atomic E-state index is 0. The van der Waals surface area contributed by atoms with Crippen LogP contribution >= 0.6 is 0 Å². The Hall–Kier alpha value is 1.84. The zero-order valence-electron chi connectivity index (χ0n) is 6.83. The molecule has 6 heavy (non-hydrogen) atoms. The van der Waals surface area contributed by atoms with Gasteiger partial charge in [-0.3, -0.25) is 0 Å². The molecular weight excluding hydrogens is 102 g/mol. The smallest absolute Gasteiger partial charge is 1.00 e. The second-order valence-electron chi connectivity index (χ2n) is 0. The van der Waals surface area contributed by atoms with Crippen LogP contribution < -0.4 is 83.7 Å². The van der Waals surface area contributed by atoms with Crippen LogP contribution in [0.25, 0.3) is 0 Å². The molecule has 4 nitrogen and oxygen atoms in total. The predicted molar refractivity (Wildman–Crippen MR) is 22.3 cm³/mol. The fourth-order valence-electron chi connectivity index (χ4n) is 0. The Morgan fingerprint density at radius 1 is 0.500 bits per heavy atom. The van der Waals surface area contributed by atoms with Crippen molar-refractivity contribution in [3.63, 3.8) is 0 Å². The van der Waals surface area contributed by atoms with E-state index in [1.54, 1.807) is 0 Å². The largest absolute Gasteiger partial charge is 1.00 e. The molecule has 0 aliphatic heterocycles. The summed E-state index contributed by atoms with van der Waals surface area (Å²) < 4.78 is 0. The first-order valence-corrected chi connectivity index (χ1v) is 0. The van der Waals surface area contributed by atoms with Crippen LogP contribution in [0.2, 0.25) is 0 Å². The maximum Gasteiger partial charge on any atom is 1.00 e. The van der Waals surface area contributed by atoms with E-state index < -0.39 is 0 Å². The van der Waals surface area contributed by atoms with Crippen molar-refractivity contribution in [1.29, 1.82) is 0 Å². The topological polar surface area (TPSA) is 140 Å². The molecule has 0 rings (SSSR count). The monoisotopic (exact) mass is 116 g/mol. The van der Waals surface area contributed by atoms with Gasteiger partial charge in [-0.2, -0.15) is 0 Å². The van der Waals surface area contributed by atoms with E-state index in [9.17, 15) is 0 Å². The molecule has 0 unspecified atom stereocenters. The summed E-state index contributed by atoms with van der Waals surface area (Å²) in [5.74, 6) is 0.